The largest absolute Gasteiger partial charge is 0.493 e. The van der Waals surface area contributed by atoms with Crippen molar-refractivity contribution in [1.29, 1.82) is 0 Å². The normalized spacial score (nSPS) is 16.1. The van der Waals surface area contributed by atoms with E-state index < -0.39 is 0 Å². The highest BCUT2D eigenvalue weighted by Gasteiger charge is 2.24. The zero-order valence-electron chi connectivity index (χ0n) is 18.9. The highest BCUT2D eigenvalue weighted by molar-refractivity contribution is 5.79. The molecule has 170 valence electrons. The van der Waals surface area contributed by atoms with Crippen molar-refractivity contribution in [3.63, 3.8) is 0 Å². The molecule has 0 saturated carbocycles. The molecular weight excluding hydrogens is 396 g/mol. The first-order valence-electron chi connectivity index (χ1n) is 10.6. The van der Waals surface area contributed by atoms with E-state index in [0.29, 0.717) is 6.54 Å². The molecule has 9 nitrogen and oxygen atoms in total. The van der Waals surface area contributed by atoms with Gasteiger partial charge in [-0.1, -0.05) is 6.07 Å². The first-order chi connectivity index (χ1) is 15.1. The molecule has 0 spiro atoms. The SMILES string of the molecule is CN=C(NCCn1cc(C)cn1)NCC(c1ccc(OC)c(OC)c1)N1CCOCC1. The van der Waals surface area contributed by atoms with Crippen LogP contribution in [0, 0.1) is 6.92 Å². The number of aryl methyl sites for hydroxylation is 1. The van der Waals surface area contributed by atoms with Crippen molar-refractivity contribution >= 4 is 5.96 Å². The number of benzene rings is 1. The van der Waals surface area contributed by atoms with E-state index in [1.54, 1.807) is 21.3 Å². The van der Waals surface area contributed by atoms with Gasteiger partial charge in [0.1, 0.15) is 0 Å². The molecule has 2 aromatic rings. The van der Waals surface area contributed by atoms with E-state index in [9.17, 15) is 0 Å². The van der Waals surface area contributed by atoms with Gasteiger partial charge in [0.15, 0.2) is 17.5 Å². The molecule has 1 aliphatic heterocycles. The van der Waals surface area contributed by atoms with Gasteiger partial charge < -0.3 is 24.8 Å². The van der Waals surface area contributed by atoms with Gasteiger partial charge in [0, 0.05) is 39.4 Å². The van der Waals surface area contributed by atoms with Gasteiger partial charge in [-0.25, -0.2) is 0 Å². The van der Waals surface area contributed by atoms with Crippen LogP contribution in [0.2, 0.25) is 0 Å². The van der Waals surface area contributed by atoms with Crippen LogP contribution in [0.5, 0.6) is 11.5 Å². The molecule has 2 heterocycles. The second-order valence-electron chi connectivity index (χ2n) is 7.44. The van der Waals surface area contributed by atoms with E-state index in [2.05, 4.69) is 37.8 Å². The van der Waals surface area contributed by atoms with Crippen molar-refractivity contribution in [1.82, 2.24) is 25.3 Å². The molecule has 0 aliphatic carbocycles. The monoisotopic (exact) mass is 430 g/mol. The summed E-state index contributed by atoms with van der Waals surface area (Å²) in [6.45, 7) is 7.49. The highest BCUT2D eigenvalue weighted by Crippen LogP contribution is 2.32. The number of hydrogen-bond acceptors (Lipinski definition) is 6. The number of rotatable bonds is 9. The maximum Gasteiger partial charge on any atom is 0.191 e. The summed E-state index contributed by atoms with van der Waals surface area (Å²) in [5.74, 6) is 2.23. The van der Waals surface area contributed by atoms with Crippen LogP contribution < -0.4 is 20.1 Å². The summed E-state index contributed by atoms with van der Waals surface area (Å²) in [5, 5.41) is 11.2. The molecule has 1 unspecified atom stereocenters. The molecule has 0 bridgehead atoms. The summed E-state index contributed by atoms with van der Waals surface area (Å²) in [7, 11) is 5.10. The Bertz CT molecular complexity index is 848. The maximum atomic E-state index is 5.56. The molecular formula is C22H34N6O3. The number of hydrogen-bond donors (Lipinski definition) is 2. The average Bonchev–Trinajstić information content (AvgIpc) is 3.23. The molecule has 1 fully saturated rings. The van der Waals surface area contributed by atoms with Crippen LogP contribution in [0.15, 0.2) is 35.6 Å². The van der Waals surface area contributed by atoms with Gasteiger partial charge in [-0.15, -0.1) is 0 Å². The Morgan fingerprint density at radius 1 is 1.19 bits per heavy atom. The lowest BCUT2D eigenvalue weighted by atomic mass is 10.0. The van der Waals surface area contributed by atoms with E-state index >= 15 is 0 Å². The number of aromatic nitrogens is 2. The zero-order chi connectivity index (χ0) is 22.1. The summed E-state index contributed by atoms with van der Waals surface area (Å²) in [6, 6.07) is 6.26. The average molecular weight is 431 g/mol. The third-order valence-electron chi connectivity index (χ3n) is 5.36. The van der Waals surface area contributed by atoms with Crippen LogP contribution >= 0.6 is 0 Å². The Morgan fingerprint density at radius 3 is 2.61 bits per heavy atom. The minimum Gasteiger partial charge on any atom is -0.493 e. The number of aliphatic imine (C=N–C) groups is 1. The maximum absolute atomic E-state index is 5.56. The first-order valence-corrected chi connectivity index (χ1v) is 10.6. The van der Waals surface area contributed by atoms with E-state index in [4.69, 9.17) is 14.2 Å². The van der Waals surface area contributed by atoms with Gasteiger partial charge in [-0.2, -0.15) is 5.10 Å². The molecule has 3 rings (SSSR count). The summed E-state index contributed by atoms with van der Waals surface area (Å²) in [5.41, 5.74) is 2.32. The summed E-state index contributed by atoms with van der Waals surface area (Å²) >= 11 is 0. The smallest absolute Gasteiger partial charge is 0.191 e. The van der Waals surface area contributed by atoms with E-state index in [1.165, 1.54) is 0 Å². The van der Waals surface area contributed by atoms with E-state index in [0.717, 1.165) is 68.0 Å². The lowest BCUT2D eigenvalue weighted by Gasteiger charge is -2.35. The Balaban J connectivity index is 1.65. The lowest BCUT2D eigenvalue weighted by Crippen LogP contribution is -2.46. The first kappa shape index (κ1) is 22.9. The fraction of sp³-hybridized carbons (Fsp3) is 0.545. The number of ether oxygens (including phenoxy) is 3. The number of guanidine groups is 1. The topological polar surface area (TPSA) is 85.2 Å². The minimum absolute atomic E-state index is 0.149. The van der Waals surface area contributed by atoms with Crippen molar-refractivity contribution in [2.75, 3.05) is 60.7 Å². The predicted octanol–water partition coefficient (Wildman–Crippen LogP) is 1.45. The minimum atomic E-state index is 0.149. The molecule has 1 aromatic heterocycles. The summed E-state index contributed by atoms with van der Waals surface area (Å²) in [6.07, 6.45) is 3.90. The fourth-order valence-electron chi connectivity index (χ4n) is 3.70. The van der Waals surface area contributed by atoms with Crippen LogP contribution in [0.25, 0.3) is 0 Å². The molecule has 1 saturated heterocycles. The second-order valence-corrected chi connectivity index (χ2v) is 7.44. The van der Waals surface area contributed by atoms with E-state index in [1.807, 2.05) is 30.1 Å². The van der Waals surface area contributed by atoms with Gasteiger partial charge in [-0.05, 0) is 30.2 Å². The van der Waals surface area contributed by atoms with Gasteiger partial charge in [-0.3, -0.25) is 14.6 Å². The zero-order valence-corrected chi connectivity index (χ0v) is 18.9. The van der Waals surface area contributed by atoms with E-state index in [-0.39, 0.29) is 6.04 Å². The third kappa shape index (κ3) is 6.35. The van der Waals surface area contributed by atoms with Crippen LogP contribution in [0.3, 0.4) is 0 Å². The highest BCUT2D eigenvalue weighted by atomic mass is 16.5. The molecule has 1 atom stereocenters. The summed E-state index contributed by atoms with van der Waals surface area (Å²) < 4.78 is 18.4. The van der Waals surface area contributed by atoms with Crippen LogP contribution in [0.4, 0.5) is 0 Å². The van der Waals surface area contributed by atoms with Crippen molar-refractivity contribution in [2.45, 2.75) is 19.5 Å². The van der Waals surface area contributed by atoms with Gasteiger partial charge in [0.05, 0.1) is 46.2 Å². The Hall–Kier alpha value is -2.78. The molecule has 0 amide bonds. The Labute approximate surface area is 184 Å². The van der Waals surface area contributed by atoms with Crippen molar-refractivity contribution in [2.24, 2.45) is 4.99 Å². The Kier molecular flexibility index (Phi) is 8.54. The van der Waals surface area contributed by atoms with Crippen molar-refractivity contribution in [3.05, 3.63) is 41.7 Å². The standard InChI is InChI=1S/C22H34N6O3/c1-17-14-26-28(16-17)8-7-24-22(23-2)25-15-19(27-9-11-31-12-10-27)18-5-6-20(29-3)21(13-18)30-4/h5-6,13-14,16,19H,7-12,15H2,1-4H3,(H2,23,24,25). The van der Waals surface area contributed by atoms with Gasteiger partial charge in [0.2, 0.25) is 0 Å². The molecule has 0 radical (unpaired) electrons. The molecule has 1 aliphatic rings. The Morgan fingerprint density at radius 2 is 1.97 bits per heavy atom. The fourth-order valence-corrected chi connectivity index (χ4v) is 3.70. The van der Waals surface area contributed by atoms with Crippen molar-refractivity contribution < 1.29 is 14.2 Å². The van der Waals surface area contributed by atoms with Gasteiger partial charge in [0.25, 0.3) is 0 Å². The van der Waals surface area contributed by atoms with Crippen LogP contribution in [0.1, 0.15) is 17.2 Å². The number of nitrogens with zero attached hydrogens (tertiary/aromatic N) is 4. The third-order valence-corrected chi connectivity index (χ3v) is 5.36. The summed E-state index contributed by atoms with van der Waals surface area (Å²) in [4.78, 5) is 6.80. The molecule has 1 aromatic carbocycles. The number of nitrogens with one attached hydrogen (secondary N) is 2. The van der Waals surface area contributed by atoms with Crippen molar-refractivity contribution in [3.8, 4) is 11.5 Å². The molecule has 9 heteroatoms. The van der Waals surface area contributed by atoms with Crippen LogP contribution in [-0.4, -0.2) is 81.3 Å². The van der Waals surface area contributed by atoms with Gasteiger partial charge >= 0.3 is 0 Å². The lowest BCUT2D eigenvalue weighted by molar-refractivity contribution is 0.0169. The number of morpholine rings is 1. The number of methoxy groups -OCH3 is 2. The van der Waals surface area contributed by atoms with Crippen LogP contribution in [-0.2, 0) is 11.3 Å². The quantitative estimate of drug-likeness (QED) is 0.460. The predicted molar refractivity (Wildman–Crippen MR) is 121 cm³/mol. The second kappa shape index (κ2) is 11.6. The molecule has 2 N–H and O–H groups in total. The molecule has 31 heavy (non-hydrogen) atoms.